The van der Waals surface area contributed by atoms with Crippen molar-refractivity contribution in [2.45, 2.75) is 25.2 Å². The minimum Gasteiger partial charge on any atom is -0.369 e. The highest BCUT2D eigenvalue weighted by Crippen LogP contribution is 2.31. The molecule has 10 nitrogen and oxygen atoms in total. The molecule has 1 saturated heterocycles. The van der Waals surface area contributed by atoms with Gasteiger partial charge in [0, 0.05) is 31.1 Å². The van der Waals surface area contributed by atoms with Crippen molar-refractivity contribution in [3.05, 3.63) is 46.0 Å². The van der Waals surface area contributed by atoms with Crippen molar-refractivity contribution < 1.29 is 18.8 Å². The van der Waals surface area contributed by atoms with Gasteiger partial charge in [0.05, 0.1) is 11.5 Å². The summed E-state index contributed by atoms with van der Waals surface area (Å²) in [6.45, 7) is 0.940. The summed E-state index contributed by atoms with van der Waals surface area (Å²) in [6.07, 6.45) is 0.852. The van der Waals surface area contributed by atoms with Crippen LogP contribution < -0.4 is 26.8 Å². The summed E-state index contributed by atoms with van der Waals surface area (Å²) >= 11 is 0. The monoisotopic (exact) mass is 428 g/mol. The Hall–Kier alpha value is -3.76. The van der Waals surface area contributed by atoms with E-state index >= 15 is 0 Å². The molecule has 3 amide bonds. The average molecular weight is 428 g/mol. The summed E-state index contributed by atoms with van der Waals surface area (Å²) in [7, 11) is 0. The van der Waals surface area contributed by atoms with E-state index < -0.39 is 29.1 Å². The maximum atomic E-state index is 13.1. The highest BCUT2D eigenvalue weighted by atomic mass is 19.1. The number of carbonyl (C=O) groups excluding carboxylic acids is 3. The maximum Gasteiger partial charge on any atom is 0.258 e. The zero-order valence-corrected chi connectivity index (χ0v) is 16.5. The van der Waals surface area contributed by atoms with E-state index in [9.17, 15) is 23.6 Å². The van der Waals surface area contributed by atoms with Gasteiger partial charge >= 0.3 is 0 Å². The number of H-pyrrole nitrogens is 1. The number of hydrogen-bond acceptors (Lipinski definition) is 6. The van der Waals surface area contributed by atoms with Crippen LogP contribution in [0.5, 0.6) is 0 Å². The summed E-state index contributed by atoms with van der Waals surface area (Å²) in [5.74, 6) is -2.78. The van der Waals surface area contributed by atoms with E-state index in [-0.39, 0.29) is 35.6 Å². The Morgan fingerprint density at radius 2 is 1.84 bits per heavy atom. The van der Waals surface area contributed by atoms with Gasteiger partial charge in [0.1, 0.15) is 11.6 Å². The molecule has 5 N–H and O–H groups in total. The minimum atomic E-state index is -1.04. The zero-order chi connectivity index (χ0) is 22.1. The second-order valence-corrected chi connectivity index (χ2v) is 7.62. The number of nitrogens with one attached hydrogen (secondary N) is 3. The lowest BCUT2D eigenvalue weighted by Crippen LogP contribution is -2.41. The summed E-state index contributed by atoms with van der Waals surface area (Å²) < 4.78 is 13.1. The van der Waals surface area contributed by atoms with E-state index in [1.807, 2.05) is 0 Å². The highest BCUT2D eigenvalue weighted by molar-refractivity contribution is 6.04. The molecule has 0 radical (unpaired) electrons. The van der Waals surface area contributed by atoms with Gasteiger partial charge in [-0.2, -0.15) is 4.98 Å². The van der Waals surface area contributed by atoms with Crippen molar-refractivity contribution in [2.24, 2.45) is 11.7 Å². The molecule has 2 aliphatic heterocycles. The fourth-order valence-corrected chi connectivity index (χ4v) is 3.87. The van der Waals surface area contributed by atoms with Crippen LogP contribution in [0.1, 0.15) is 30.7 Å². The molecular formula is C20H21FN6O4. The number of nitrogens with zero attached hydrogens (tertiary/aromatic N) is 2. The number of amides is 3. The van der Waals surface area contributed by atoms with Crippen molar-refractivity contribution in [2.75, 3.05) is 28.6 Å². The molecule has 0 aliphatic carbocycles. The van der Waals surface area contributed by atoms with Crippen LogP contribution in [-0.4, -0.2) is 40.8 Å². The minimum absolute atomic E-state index is 0.0336. The van der Waals surface area contributed by atoms with E-state index in [0.29, 0.717) is 31.6 Å². The first-order valence-corrected chi connectivity index (χ1v) is 9.86. The van der Waals surface area contributed by atoms with Gasteiger partial charge in [-0.3, -0.25) is 24.2 Å². The van der Waals surface area contributed by atoms with Crippen molar-refractivity contribution in [3.63, 3.8) is 0 Å². The molecule has 11 heteroatoms. The number of halogens is 1. The van der Waals surface area contributed by atoms with Crippen LogP contribution in [0.15, 0.2) is 29.1 Å². The fraction of sp³-hybridized carbons (Fsp3) is 0.350. The predicted molar refractivity (Wildman–Crippen MR) is 110 cm³/mol. The van der Waals surface area contributed by atoms with Crippen LogP contribution in [0.3, 0.4) is 0 Å². The topological polar surface area (TPSA) is 150 Å². The summed E-state index contributed by atoms with van der Waals surface area (Å²) in [4.78, 5) is 58.0. The molecule has 4 rings (SSSR count). The van der Waals surface area contributed by atoms with Gasteiger partial charge in [0.2, 0.25) is 23.7 Å². The number of hydrogen-bond donors (Lipinski definition) is 4. The smallest absolute Gasteiger partial charge is 0.258 e. The van der Waals surface area contributed by atoms with Crippen LogP contribution >= 0.6 is 0 Å². The SMILES string of the molecule is NC(=O)C1CCN(c2nc3c(c(=O)[nH]2)[C@H](C(=O)Nc2ccc(F)cc2)CC(=O)N3)CC1. The number of aromatic amines is 1. The number of nitrogens with two attached hydrogens (primary N) is 1. The van der Waals surface area contributed by atoms with Crippen LogP contribution in [0.2, 0.25) is 0 Å². The average Bonchev–Trinajstić information content (AvgIpc) is 2.74. The molecule has 0 spiro atoms. The van der Waals surface area contributed by atoms with Crippen LogP contribution in [-0.2, 0) is 14.4 Å². The van der Waals surface area contributed by atoms with E-state index in [4.69, 9.17) is 5.73 Å². The molecule has 1 aromatic carbocycles. The molecular weight excluding hydrogens is 407 g/mol. The first-order valence-electron chi connectivity index (χ1n) is 9.86. The summed E-state index contributed by atoms with van der Waals surface area (Å²) in [5.41, 5.74) is 5.23. The van der Waals surface area contributed by atoms with Gasteiger partial charge in [-0.25, -0.2) is 4.39 Å². The van der Waals surface area contributed by atoms with Crippen molar-refractivity contribution >= 4 is 35.2 Å². The van der Waals surface area contributed by atoms with Crippen LogP contribution in [0.4, 0.5) is 21.8 Å². The van der Waals surface area contributed by atoms with Gasteiger partial charge in [0.15, 0.2) is 0 Å². The molecule has 1 aromatic heterocycles. The number of carbonyl (C=O) groups is 3. The van der Waals surface area contributed by atoms with Crippen molar-refractivity contribution in [1.82, 2.24) is 9.97 Å². The Balaban J connectivity index is 1.58. The lowest BCUT2D eigenvalue weighted by molar-refractivity contribution is -0.123. The molecule has 0 unspecified atom stereocenters. The second-order valence-electron chi connectivity index (χ2n) is 7.62. The number of aromatic nitrogens is 2. The maximum absolute atomic E-state index is 13.1. The number of anilines is 3. The van der Waals surface area contributed by atoms with Crippen LogP contribution in [0, 0.1) is 11.7 Å². The second kappa shape index (κ2) is 8.17. The lowest BCUT2D eigenvalue weighted by atomic mass is 9.92. The third-order valence-corrected chi connectivity index (χ3v) is 5.56. The molecule has 31 heavy (non-hydrogen) atoms. The first kappa shape index (κ1) is 20.5. The number of rotatable bonds is 4. The summed E-state index contributed by atoms with van der Waals surface area (Å²) in [5, 5.41) is 5.16. The van der Waals surface area contributed by atoms with Gasteiger partial charge in [0.25, 0.3) is 5.56 Å². The zero-order valence-electron chi connectivity index (χ0n) is 16.5. The number of benzene rings is 1. The quantitative estimate of drug-likeness (QED) is 0.562. The molecule has 1 fully saturated rings. The fourth-order valence-electron chi connectivity index (χ4n) is 3.87. The lowest BCUT2D eigenvalue weighted by Gasteiger charge is -2.32. The van der Waals surface area contributed by atoms with E-state index in [1.165, 1.54) is 24.3 Å². The van der Waals surface area contributed by atoms with E-state index in [1.54, 1.807) is 4.90 Å². The molecule has 1 atom stereocenters. The molecule has 0 saturated carbocycles. The predicted octanol–water partition coefficient (Wildman–Crippen LogP) is 0.675. The van der Waals surface area contributed by atoms with Gasteiger partial charge in [-0.05, 0) is 37.1 Å². The molecule has 3 heterocycles. The third-order valence-electron chi connectivity index (χ3n) is 5.56. The standard InChI is InChI=1S/C20H21FN6O4/c21-11-1-3-12(4-2-11)23-18(30)13-9-14(28)24-17-15(13)19(31)26-20(25-17)27-7-5-10(6-8-27)16(22)29/h1-4,10,13H,5-9H2,(H2,22,29)(H,23,30)(H2,24,25,26,28,31)/t13-/m1/s1. The van der Waals surface area contributed by atoms with E-state index in [2.05, 4.69) is 20.6 Å². The Kier molecular flexibility index (Phi) is 5.40. The first-order chi connectivity index (χ1) is 14.8. The number of primary amides is 1. The normalized spacial score (nSPS) is 18.8. The largest absolute Gasteiger partial charge is 0.369 e. The Morgan fingerprint density at radius 1 is 1.16 bits per heavy atom. The van der Waals surface area contributed by atoms with Gasteiger partial charge in [-0.1, -0.05) is 0 Å². The third kappa shape index (κ3) is 4.25. The Morgan fingerprint density at radius 3 is 2.48 bits per heavy atom. The van der Waals surface area contributed by atoms with Gasteiger partial charge in [-0.15, -0.1) is 0 Å². The van der Waals surface area contributed by atoms with Gasteiger partial charge < -0.3 is 21.3 Å². The van der Waals surface area contributed by atoms with E-state index in [0.717, 1.165) is 0 Å². The Labute approximate surface area is 176 Å². The molecule has 162 valence electrons. The molecule has 0 bridgehead atoms. The number of piperidine rings is 1. The molecule has 2 aliphatic rings. The number of fused-ring (bicyclic) bond motifs is 1. The molecule has 2 aromatic rings. The summed E-state index contributed by atoms with van der Waals surface area (Å²) in [6, 6.07) is 5.16. The highest BCUT2D eigenvalue weighted by Gasteiger charge is 2.35. The van der Waals surface area contributed by atoms with Crippen molar-refractivity contribution in [1.29, 1.82) is 0 Å². The van der Waals surface area contributed by atoms with Crippen LogP contribution in [0.25, 0.3) is 0 Å². The van der Waals surface area contributed by atoms with Crippen molar-refractivity contribution in [3.8, 4) is 0 Å². The Bertz CT molecular complexity index is 1090.